The van der Waals surface area contributed by atoms with E-state index in [1.54, 1.807) is 12.1 Å². The molecule has 112 valence electrons. The van der Waals surface area contributed by atoms with Gasteiger partial charge in [0.05, 0.1) is 0 Å². The number of aromatic carboxylic acids is 1. The van der Waals surface area contributed by atoms with Gasteiger partial charge in [0.15, 0.2) is 4.67 Å². The summed E-state index contributed by atoms with van der Waals surface area (Å²) in [5, 5.41) is 8.84. The first-order valence-electron chi connectivity index (χ1n) is 5.85. The van der Waals surface area contributed by atoms with Crippen LogP contribution < -0.4 is 0 Å². The lowest BCUT2D eigenvalue weighted by atomic mass is 10.2. The highest BCUT2D eigenvalue weighted by Gasteiger charge is 2.28. The molecule has 2 rings (SSSR count). The smallest absolute Gasteiger partial charge is 0.371 e. The quantitative estimate of drug-likeness (QED) is 0.869. The summed E-state index contributed by atoms with van der Waals surface area (Å²) >= 11 is 2.94. The maximum absolute atomic E-state index is 12.4. The Bertz CT molecular complexity index is 754. The Hall–Kier alpha value is -1.64. The highest BCUT2D eigenvalue weighted by atomic mass is 79.9. The number of rotatable bonds is 5. The van der Waals surface area contributed by atoms with Crippen molar-refractivity contribution < 1.29 is 22.7 Å². The van der Waals surface area contributed by atoms with Gasteiger partial charge in [-0.3, -0.25) is 0 Å². The summed E-state index contributed by atoms with van der Waals surface area (Å²) in [5.74, 6) is -1.77. The third-order valence-corrected chi connectivity index (χ3v) is 5.46. The summed E-state index contributed by atoms with van der Waals surface area (Å²) in [5.41, 5.74) is 0.821. The van der Waals surface area contributed by atoms with E-state index in [2.05, 4.69) is 15.9 Å². The molecule has 0 unspecified atom stereocenters. The number of furan rings is 1. The van der Waals surface area contributed by atoms with Crippen molar-refractivity contribution in [3.05, 3.63) is 52.4 Å². The van der Waals surface area contributed by atoms with Crippen LogP contribution in [0.25, 0.3) is 0 Å². The van der Waals surface area contributed by atoms with E-state index in [1.807, 2.05) is 18.2 Å². The molecule has 0 saturated heterocycles. The van der Waals surface area contributed by atoms with Crippen molar-refractivity contribution in [3.63, 3.8) is 0 Å². The summed E-state index contributed by atoms with van der Waals surface area (Å²) in [6, 6.07) is 10.1. The van der Waals surface area contributed by atoms with Gasteiger partial charge in [0.2, 0.25) is 15.8 Å². The molecule has 0 aliphatic carbocycles. The molecule has 0 atom stereocenters. The first kappa shape index (κ1) is 15.7. The van der Waals surface area contributed by atoms with Crippen LogP contribution in [-0.2, 0) is 16.6 Å². The predicted octanol–water partition coefficient (Wildman–Crippen LogP) is 2.56. The first-order valence-corrected chi connectivity index (χ1v) is 8.08. The van der Waals surface area contributed by atoms with Crippen molar-refractivity contribution in [1.29, 1.82) is 0 Å². The molecule has 0 saturated carbocycles. The molecule has 21 heavy (non-hydrogen) atoms. The number of carbonyl (C=O) groups is 1. The van der Waals surface area contributed by atoms with E-state index in [1.165, 1.54) is 7.05 Å². The van der Waals surface area contributed by atoms with E-state index in [-0.39, 0.29) is 16.1 Å². The molecule has 0 aliphatic rings. The van der Waals surface area contributed by atoms with Crippen LogP contribution >= 0.6 is 15.9 Å². The van der Waals surface area contributed by atoms with Gasteiger partial charge in [-0.05, 0) is 21.5 Å². The molecule has 1 N–H and O–H groups in total. The van der Waals surface area contributed by atoms with Crippen molar-refractivity contribution in [2.24, 2.45) is 0 Å². The summed E-state index contributed by atoms with van der Waals surface area (Å²) in [7, 11) is -2.43. The van der Waals surface area contributed by atoms with Crippen molar-refractivity contribution in [2.45, 2.75) is 11.4 Å². The Kier molecular flexibility index (Phi) is 4.50. The number of hydrogen-bond acceptors (Lipinski definition) is 4. The fraction of sp³-hybridized carbons (Fsp3) is 0.154. The number of carboxylic acid groups (broad SMARTS) is 1. The van der Waals surface area contributed by atoms with Gasteiger partial charge in [-0.1, -0.05) is 30.3 Å². The van der Waals surface area contributed by atoms with Crippen LogP contribution in [0.1, 0.15) is 16.1 Å². The Morgan fingerprint density at radius 3 is 2.48 bits per heavy atom. The van der Waals surface area contributed by atoms with Crippen molar-refractivity contribution in [1.82, 2.24) is 4.31 Å². The van der Waals surface area contributed by atoms with E-state index >= 15 is 0 Å². The SMILES string of the molecule is CN(Cc1ccccc1)S(=O)(=O)c1cc(C(=O)O)oc1Br. The molecule has 1 aromatic heterocycles. The van der Waals surface area contributed by atoms with Crippen LogP contribution in [0.3, 0.4) is 0 Å². The Morgan fingerprint density at radius 2 is 1.95 bits per heavy atom. The van der Waals surface area contributed by atoms with Crippen LogP contribution in [0.15, 0.2) is 50.4 Å². The minimum atomic E-state index is -3.85. The summed E-state index contributed by atoms with van der Waals surface area (Å²) < 4.78 is 30.8. The van der Waals surface area contributed by atoms with Crippen molar-refractivity contribution in [2.75, 3.05) is 7.05 Å². The molecule has 1 aromatic carbocycles. The summed E-state index contributed by atoms with van der Waals surface area (Å²) in [6.07, 6.45) is 0. The topological polar surface area (TPSA) is 87.8 Å². The van der Waals surface area contributed by atoms with Gasteiger partial charge < -0.3 is 9.52 Å². The number of sulfonamides is 1. The zero-order chi connectivity index (χ0) is 15.6. The number of carboxylic acids is 1. The molecular formula is C13H12BrNO5S. The summed E-state index contributed by atoms with van der Waals surface area (Å²) in [6.45, 7) is 0.170. The normalized spacial score (nSPS) is 11.8. The van der Waals surface area contributed by atoms with Gasteiger partial charge in [0, 0.05) is 19.7 Å². The fourth-order valence-corrected chi connectivity index (χ4v) is 3.78. The Labute approximate surface area is 130 Å². The molecule has 0 spiro atoms. The Balaban J connectivity index is 2.31. The van der Waals surface area contributed by atoms with Crippen molar-refractivity contribution >= 4 is 31.9 Å². The number of benzene rings is 1. The van der Waals surface area contributed by atoms with E-state index in [0.717, 1.165) is 15.9 Å². The van der Waals surface area contributed by atoms with Crippen LogP contribution in [0.5, 0.6) is 0 Å². The maximum Gasteiger partial charge on any atom is 0.371 e. The number of nitrogens with zero attached hydrogens (tertiary/aromatic N) is 1. The van der Waals surface area contributed by atoms with Gasteiger partial charge in [0.1, 0.15) is 4.90 Å². The van der Waals surface area contributed by atoms with Gasteiger partial charge in [-0.15, -0.1) is 0 Å². The number of halogens is 1. The fourth-order valence-electron chi connectivity index (χ4n) is 1.73. The van der Waals surface area contributed by atoms with E-state index in [4.69, 9.17) is 9.52 Å². The highest BCUT2D eigenvalue weighted by molar-refractivity contribution is 9.10. The molecule has 6 nitrogen and oxygen atoms in total. The van der Waals surface area contributed by atoms with Gasteiger partial charge >= 0.3 is 5.97 Å². The van der Waals surface area contributed by atoms with Crippen LogP contribution in [0, 0.1) is 0 Å². The minimum absolute atomic E-state index is 0.125. The zero-order valence-corrected chi connectivity index (χ0v) is 13.4. The zero-order valence-electron chi connectivity index (χ0n) is 11.0. The van der Waals surface area contributed by atoms with E-state index in [9.17, 15) is 13.2 Å². The lowest BCUT2D eigenvalue weighted by Crippen LogP contribution is -2.26. The molecule has 1 heterocycles. The second-order valence-electron chi connectivity index (χ2n) is 4.30. The van der Waals surface area contributed by atoms with Crippen LogP contribution in [-0.4, -0.2) is 30.8 Å². The first-order chi connectivity index (χ1) is 9.82. The number of hydrogen-bond donors (Lipinski definition) is 1. The second kappa shape index (κ2) is 6.00. The molecule has 0 fully saturated rings. The molecule has 0 bridgehead atoms. The molecule has 8 heteroatoms. The average Bonchev–Trinajstić information content (AvgIpc) is 2.83. The van der Waals surface area contributed by atoms with Gasteiger partial charge in [-0.2, -0.15) is 4.31 Å². The third-order valence-electron chi connectivity index (χ3n) is 2.80. The lowest BCUT2D eigenvalue weighted by molar-refractivity contribution is 0.0661. The average molecular weight is 374 g/mol. The predicted molar refractivity (Wildman–Crippen MR) is 78.5 cm³/mol. The molecule has 0 aliphatic heterocycles. The Morgan fingerprint density at radius 1 is 1.33 bits per heavy atom. The van der Waals surface area contributed by atoms with E-state index < -0.39 is 21.8 Å². The third kappa shape index (κ3) is 3.34. The maximum atomic E-state index is 12.4. The largest absolute Gasteiger partial charge is 0.475 e. The molecular weight excluding hydrogens is 362 g/mol. The summed E-state index contributed by atoms with van der Waals surface area (Å²) in [4.78, 5) is 10.6. The van der Waals surface area contributed by atoms with Crippen molar-refractivity contribution in [3.8, 4) is 0 Å². The van der Waals surface area contributed by atoms with Crippen LogP contribution in [0.4, 0.5) is 0 Å². The highest BCUT2D eigenvalue weighted by Crippen LogP contribution is 2.28. The minimum Gasteiger partial charge on any atom is -0.475 e. The molecule has 2 aromatic rings. The molecule has 0 radical (unpaired) electrons. The second-order valence-corrected chi connectivity index (χ2v) is 7.03. The lowest BCUT2D eigenvalue weighted by Gasteiger charge is -2.16. The molecule has 0 amide bonds. The standard InChI is InChI=1S/C13H12BrNO5S/c1-15(8-9-5-3-2-4-6-9)21(18,19)11-7-10(13(16)17)20-12(11)14/h2-7H,8H2,1H3,(H,16,17). The van der Waals surface area contributed by atoms with Crippen LogP contribution in [0.2, 0.25) is 0 Å². The van der Waals surface area contributed by atoms with Gasteiger partial charge in [-0.25, -0.2) is 13.2 Å². The van der Waals surface area contributed by atoms with E-state index in [0.29, 0.717) is 0 Å². The van der Waals surface area contributed by atoms with Gasteiger partial charge in [0.25, 0.3) is 0 Å². The monoisotopic (exact) mass is 373 g/mol.